The predicted octanol–water partition coefficient (Wildman–Crippen LogP) is 4.32. The van der Waals surface area contributed by atoms with Crippen molar-refractivity contribution in [1.82, 2.24) is 10.2 Å². The second-order valence-corrected chi connectivity index (χ2v) is 10.1. The number of hydrogen-bond donors (Lipinski definition) is 1. The van der Waals surface area contributed by atoms with E-state index in [4.69, 9.17) is 4.74 Å². The van der Waals surface area contributed by atoms with E-state index in [-0.39, 0.29) is 17.2 Å². The van der Waals surface area contributed by atoms with Crippen molar-refractivity contribution < 1.29 is 22.7 Å². The summed E-state index contributed by atoms with van der Waals surface area (Å²) in [5.74, 6) is 0.463. The van der Waals surface area contributed by atoms with Crippen molar-refractivity contribution in [1.29, 1.82) is 0 Å². The number of benzene rings is 1. The molecule has 1 unspecified atom stereocenters. The molecule has 33 heavy (non-hydrogen) atoms. The Morgan fingerprint density at radius 3 is 2.42 bits per heavy atom. The summed E-state index contributed by atoms with van der Waals surface area (Å²) in [6.45, 7) is 8.07. The summed E-state index contributed by atoms with van der Waals surface area (Å²) < 4.78 is 44.7. The fourth-order valence-electron chi connectivity index (χ4n) is 5.74. The van der Waals surface area contributed by atoms with Gasteiger partial charge >= 0.3 is 6.18 Å². The monoisotopic (exact) mass is 467 g/mol. The molecule has 0 spiro atoms. The van der Waals surface area contributed by atoms with Gasteiger partial charge in [0.2, 0.25) is 5.91 Å². The Labute approximate surface area is 194 Å². The van der Waals surface area contributed by atoms with Crippen LogP contribution in [0.15, 0.2) is 24.3 Å². The maximum Gasteiger partial charge on any atom is 0.416 e. The Bertz CT molecular complexity index is 817. The van der Waals surface area contributed by atoms with Crippen LogP contribution in [0.5, 0.6) is 0 Å². The molecule has 0 aromatic heterocycles. The Hall–Kier alpha value is -1.80. The van der Waals surface area contributed by atoms with Crippen LogP contribution in [-0.4, -0.2) is 62.3 Å². The van der Waals surface area contributed by atoms with Crippen molar-refractivity contribution in [3.63, 3.8) is 0 Å². The molecule has 1 aromatic rings. The molecule has 2 aliphatic heterocycles. The SMILES string of the molecule is CC(C)[C@]1(C(=O)N2CCN(c3cccc(C(F)(F)F)c3)CC2)CCC(NC2CCOCC2)C1. The van der Waals surface area contributed by atoms with Gasteiger partial charge in [0, 0.05) is 57.2 Å². The summed E-state index contributed by atoms with van der Waals surface area (Å²) in [6, 6.07) is 6.29. The number of rotatable bonds is 5. The van der Waals surface area contributed by atoms with Gasteiger partial charge in [0.25, 0.3) is 0 Å². The number of anilines is 1. The van der Waals surface area contributed by atoms with Crippen molar-refractivity contribution in [2.45, 2.75) is 64.2 Å². The molecule has 2 heterocycles. The molecule has 2 atom stereocenters. The number of alkyl halides is 3. The molecule has 8 heteroatoms. The van der Waals surface area contributed by atoms with Crippen LogP contribution in [0, 0.1) is 11.3 Å². The van der Waals surface area contributed by atoms with Crippen LogP contribution in [0.2, 0.25) is 0 Å². The van der Waals surface area contributed by atoms with Crippen LogP contribution in [0.25, 0.3) is 0 Å². The van der Waals surface area contributed by atoms with Crippen LogP contribution in [0.1, 0.15) is 51.5 Å². The minimum absolute atomic E-state index is 0.220. The Morgan fingerprint density at radius 1 is 1.09 bits per heavy atom. The van der Waals surface area contributed by atoms with Gasteiger partial charge in [0.1, 0.15) is 0 Å². The van der Waals surface area contributed by atoms with Gasteiger partial charge in [0.15, 0.2) is 0 Å². The molecule has 1 N–H and O–H groups in total. The van der Waals surface area contributed by atoms with E-state index in [1.54, 1.807) is 6.07 Å². The molecule has 2 saturated heterocycles. The van der Waals surface area contributed by atoms with E-state index in [0.717, 1.165) is 51.4 Å². The lowest BCUT2D eigenvalue weighted by Gasteiger charge is -2.42. The van der Waals surface area contributed by atoms with E-state index in [2.05, 4.69) is 19.2 Å². The molecule has 5 nitrogen and oxygen atoms in total. The summed E-state index contributed by atoms with van der Waals surface area (Å²) in [5, 5.41) is 3.78. The fraction of sp³-hybridized carbons (Fsp3) is 0.720. The minimum Gasteiger partial charge on any atom is -0.381 e. The third-order valence-electron chi connectivity index (χ3n) is 7.88. The molecule has 1 aliphatic carbocycles. The van der Waals surface area contributed by atoms with Gasteiger partial charge in [0.05, 0.1) is 11.0 Å². The van der Waals surface area contributed by atoms with E-state index >= 15 is 0 Å². The highest BCUT2D eigenvalue weighted by molar-refractivity contribution is 5.84. The Kier molecular flexibility index (Phi) is 7.24. The molecular weight excluding hydrogens is 431 g/mol. The van der Waals surface area contributed by atoms with Crippen molar-refractivity contribution >= 4 is 11.6 Å². The third kappa shape index (κ3) is 5.32. The zero-order valence-corrected chi connectivity index (χ0v) is 19.7. The van der Waals surface area contributed by atoms with Gasteiger partial charge in [-0.15, -0.1) is 0 Å². The van der Waals surface area contributed by atoms with Crippen LogP contribution >= 0.6 is 0 Å². The quantitative estimate of drug-likeness (QED) is 0.701. The maximum atomic E-state index is 13.7. The second kappa shape index (κ2) is 9.82. The van der Waals surface area contributed by atoms with Gasteiger partial charge in [-0.2, -0.15) is 13.2 Å². The van der Waals surface area contributed by atoms with E-state index in [1.165, 1.54) is 12.1 Å². The molecule has 1 saturated carbocycles. The number of nitrogens with one attached hydrogen (secondary N) is 1. The molecule has 0 radical (unpaired) electrons. The number of amides is 1. The molecule has 4 rings (SSSR count). The van der Waals surface area contributed by atoms with Gasteiger partial charge in [-0.05, 0) is 56.2 Å². The van der Waals surface area contributed by atoms with Gasteiger partial charge in [-0.25, -0.2) is 0 Å². The smallest absolute Gasteiger partial charge is 0.381 e. The first-order valence-corrected chi connectivity index (χ1v) is 12.2. The Balaban J connectivity index is 1.37. The topological polar surface area (TPSA) is 44.8 Å². The molecule has 3 aliphatic rings. The summed E-state index contributed by atoms with van der Waals surface area (Å²) in [4.78, 5) is 17.6. The number of hydrogen-bond acceptors (Lipinski definition) is 4. The van der Waals surface area contributed by atoms with E-state index < -0.39 is 11.7 Å². The van der Waals surface area contributed by atoms with Gasteiger partial charge in [-0.3, -0.25) is 4.79 Å². The van der Waals surface area contributed by atoms with E-state index in [0.29, 0.717) is 44.0 Å². The summed E-state index contributed by atoms with van der Waals surface area (Å²) in [5.41, 5.74) is -0.426. The van der Waals surface area contributed by atoms with Crippen LogP contribution in [0.4, 0.5) is 18.9 Å². The fourth-order valence-corrected chi connectivity index (χ4v) is 5.74. The van der Waals surface area contributed by atoms with Crippen molar-refractivity contribution in [3.05, 3.63) is 29.8 Å². The maximum absolute atomic E-state index is 13.7. The standard InChI is InChI=1S/C25H36F3N3O2/c1-18(2)24(9-6-21(17-24)29-20-7-14-33-15-8-20)23(32)31-12-10-30(11-13-31)22-5-3-4-19(16-22)25(26,27)28/h3-5,16,18,20-21,29H,6-15,17H2,1-2H3/t21?,24-/m0/s1. The molecule has 184 valence electrons. The normalized spacial score (nSPS) is 27.4. The number of piperazine rings is 1. The predicted molar refractivity (Wildman–Crippen MR) is 122 cm³/mol. The number of halogens is 3. The number of carbonyl (C=O) groups excluding carboxylic acids is 1. The summed E-state index contributed by atoms with van der Waals surface area (Å²) in [7, 11) is 0. The lowest BCUT2D eigenvalue weighted by atomic mass is 9.74. The molecular formula is C25H36F3N3O2. The van der Waals surface area contributed by atoms with Crippen molar-refractivity contribution in [2.75, 3.05) is 44.3 Å². The Morgan fingerprint density at radius 2 is 1.79 bits per heavy atom. The highest BCUT2D eigenvalue weighted by Crippen LogP contribution is 2.46. The number of ether oxygens (including phenoxy) is 1. The lowest BCUT2D eigenvalue weighted by Crippen LogP contribution is -2.54. The highest BCUT2D eigenvalue weighted by Gasteiger charge is 2.49. The molecule has 1 aromatic carbocycles. The third-order valence-corrected chi connectivity index (χ3v) is 7.88. The van der Waals surface area contributed by atoms with Crippen LogP contribution in [-0.2, 0) is 15.7 Å². The summed E-state index contributed by atoms with van der Waals surface area (Å²) in [6.07, 6.45) is 0.445. The van der Waals surface area contributed by atoms with Gasteiger partial charge in [-0.1, -0.05) is 19.9 Å². The van der Waals surface area contributed by atoms with Gasteiger partial charge < -0.3 is 19.9 Å². The number of nitrogens with zero attached hydrogens (tertiary/aromatic N) is 2. The van der Waals surface area contributed by atoms with Crippen molar-refractivity contribution in [3.8, 4) is 0 Å². The highest BCUT2D eigenvalue weighted by atomic mass is 19.4. The van der Waals surface area contributed by atoms with Crippen LogP contribution < -0.4 is 10.2 Å². The first kappa shape index (κ1) is 24.3. The molecule has 0 bridgehead atoms. The first-order valence-electron chi connectivity index (χ1n) is 12.2. The minimum atomic E-state index is -4.35. The average molecular weight is 468 g/mol. The average Bonchev–Trinajstić information content (AvgIpc) is 3.24. The molecule has 3 fully saturated rings. The van der Waals surface area contributed by atoms with Crippen LogP contribution in [0.3, 0.4) is 0 Å². The first-order chi connectivity index (χ1) is 15.7. The zero-order chi connectivity index (χ0) is 23.6. The van der Waals surface area contributed by atoms with E-state index in [9.17, 15) is 18.0 Å². The summed E-state index contributed by atoms with van der Waals surface area (Å²) >= 11 is 0. The van der Waals surface area contributed by atoms with E-state index in [1.807, 2.05) is 9.80 Å². The second-order valence-electron chi connectivity index (χ2n) is 10.1. The lowest BCUT2D eigenvalue weighted by molar-refractivity contribution is -0.145. The largest absolute Gasteiger partial charge is 0.416 e. The molecule has 1 amide bonds. The zero-order valence-electron chi connectivity index (χ0n) is 19.7. The van der Waals surface area contributed by atoms with Crippen molar-refractivity contribution in [2.24, 2.45) is 11.3 Å². The number of carbonyl (C=O) groups is 1.